The maximum atomic E-state index is 12.7. The molecule has 2 aromatic rings. The van der Waals surface area contributed by atoms with Crippen LogP contribution in [0.3, 0.4) is 0 Å². The number of amides is 2. The van der Waals surface area contributed by atoms with Crippen LogP contribution in [0.5, 0.6) is 5.75 Å². The number of ether oxygens (including phenoxy) is 1. The zero-order chi connectivity index (χ0) is 19.4. The zero-order valence-electron chi connectivity index (χ0n) is 14.9. The summed E-state index contributed by atoms with van der Waals surface area (Å²) in [5.74, 6) is 0.136. The van der Waals surface area contributed by atoms with Gasteiger partial charge < -0.3 is 15.0 Å². The van der Waals surface area contributed by atoms with Crippen molar-refractivity contribution in [1.29, 1.82) is 0 Å². The minimum absolute atomic E-state index is 0.0963. The van der Waals surface area contributed by atoms with Crippen molar-refractivity contribution in [2.75, 3.05) is 18.4 Å². The minimum Gasteiger partial charge on any atom is -0.481 e. The Hall–Kier alpha value is -2.05. The number of nitrogens with one attached hydrogen (secondary N) is 1. The van der Waals surface area contributed by atoms with E-state index >= 15 is 0 Å². The molecule has 0 aliphatic carbocycles. The predicted octanol–water partition coefficient (Wildman–Crippen LogP) is 4.74. The Balaban J connectivity index is 1.73. The molecule has 0 spiro atoms. The number of carbonyl (C=O) groups is 2. The van der Waals surface area contributed by atoms with Crippen molar-refractivity contribution >= 4 is 45.0 Å². The first-order valence-corrected chi connectivity index (χ1v) is 9.93. The molecule has 1 atom stereocenters. The summed E-state index contributed by atoms with van der Waals surface area (Å²) in [6, 6.07) is 12.1. The monoisotopic (exact) mass is 450 g/mol. The van der Waals surface area contributed by atoms with Crippen LogP contribution >= 0.6 is 27.5 Å². The first-order chi connectivity index (χ1) is 12.9. The molecule has 7 heteroatoms. The average Bonchev–Trinajstić information content (AvgIpc) is 3.18. The predicted molar refractivity (Wildman–Crippen MR) is 109 cm³/mol. The number of hydrogen-bond donors (Lipinski definition) is 1. The number of nitrogens with zero attached hydrogens (tertiary/aromatic N) is 1. The number of benzene rings is 2. The summed E-state index contributed by atoms with van der Waals surface area (Å²) in [6.07, 6.45) is 1.26. The molecule has 2 amide bonds. The molecule has 142 valence electrons. The molecule has 0 aromatic heterocycles. The molecule has 2 aromatic carbocycles. The van der Waals surface area contributed by atoms with Crippen LogP contribution in [-0.4, -0.2) is 35.9 Å². The molecular weight excluding hydrogens is 432 g/mol. The summed E-state index contributed by atoms with van der Waals surface area (Å²) in [4.78, 5) is 27.1. The largest absolute Gasteiger partial charge is 0.481 e. The molecule has 0 bridgehead atoms. The van der Waals surface area contributed by atoms with Crippen LogP contribution in [0.2, 0.25) is 5.02 Å². The van der Waals surface area contributed by atoms with E-state index < -0.39 is 6.10 Å². The highest BCUT2D eigenvalue weighted by Crippen LogP contribution is 2.25. The Bertz CT molecular complexity index is 836. The lowest BCUT2D eigenvalue weighted by atomic mass is 10.1. The third-order valence-electron chi connectivity index (χ3n) is 4.36. The lowest BCUT2D eigenvalue weighted by Crippen LogP contribution is -2.32. The maximum absolute atomic E-state index is 12.7. The topological polar surface area (TPSA) is 58.6 Å². The van der Waals surface area contributed by atoms with Gasteiger partial charge in [0.25, 0.3) is 11.8 Å². The fraction of sp³-hybridized carbons (Fsp3) is 0.300. The quantitative estimate of drug-likeness (QED) is 0.714. The van der Waals surface area contributed by atoms with Crippen molar-refractivity contribution in [3.63, 3.8) is 0 Å². The zero-order valence-corrected chi connectivity index (χ0v) is 17.2. The standard InChI is InChI=1S/C20H20BrClN2O3/c1-13(27-16-7-4-14(21)5-8-16)19(25)23-18-12-15(22)6-9-17(18)20(26)24-10-2-3-11-24/h4-9,12-13H,2-3,10-11H2,1H3,(H,23,25). The summed E-state index contributed by atoms with van der Waals surface area (Å²) in [5, 5.41) is 3.23. The Kier molecular flexibility index (Phi) is 6.39. The number of likely N-dealkylation sites (tertiary alicyclic amines) is 1. The summed E-state index contributed by atoms with van der Waals surface area (Å²) >= 11 is 9.43. The van der Waals surface area contributed by atoms with Gasteiger partial charge >= 0.3 is 0 Å². The van der Waals surface area contributed by atoms with E-state index in [2.05, 4.69) is 21.2 Å². The van der Waals surface area contributed by atoms with E-state index in [4.69, 9.17) is 16.3 Å². The molecular formula is C20H20BrClN2O3. The normalized spacial score (nSPS) is 14.7. The summed E-state index contributed by atoms with van der Waals surface area (Å²) in [6.45, 7) is 3.12. The molecule has 27 heavy (non-hydrogen) atoms. The summed E-state index contributed by atoms with van der Waals surface area (Å²) in [7, 11) is 0. The van der Waals surface area contributed by atoms with Gasteiger partial charge in [-0.15, -0.1) is 0 Å². The van der Waals surface area contributed by atoms with Gasteiger partial charge in [-0.25, -0.2) is 0 Å². The second-order valence-electron chi connectivity index (χ2n) is 6.39. The SMILES string of the molecule is CC(Oc1ccc(Br)cc1)C(=O)Nc1cc(Cl)ccc1C(=O)N1CCCC1. The Morgan fingerprint density at radius 1 is 1.15 bits per heavy atom. The first kappa shape index (κ1) is 19.7. The van der Waals surface area contributed by atoms with E-state index in [1.165, 1.54) is 0 Å². The summed E-state index contributed by atoms with van der Waals surface area (Å²) in [5.41, 5.74) is 0.834. The fourth-order valence-corrected chi connectivity index (χ4v) is 3.34. The third-order valence-corrected chi connectivity index (χ3v) is 5.12. The molecule has 1 aliphatic heterocycles. The van der Waals surface area contributed by atoms with Gasteiger partial charge in [0, 0.05) is 22.6 Å². The average molecular weight is 452 g/mol. The third kappa shape index (κ3) is 5.02. The maximum Gasteiger partial charge on any atom is 0.265 e. The van der Waals surface area contributed by atoms with E-state index in [-0.39, 0.29) is 11.8 Å². The van der Waals surface area contributed by atoms with Crippen LogP contribution in [-0.2, 0) is 4.79 Å². The number of anilines is 1. The van der Waals surface area contributed by atoms with Gasteiger partial charge in [-0.3, -0.25) is 9.59 Å². The molecule has 0 saturated carbocycles. The second-order valence-corrected chi connectivity index (χ2v) is 7.74. The van der Waals surface area contributed by atoms with Crippen molar-refractivity contribution in [2.45, 2.75) is 25.9 Å². The van der Waals surface area contributed by atoms with Gasteiger partial charge in [-0.1, -0.05) is 27.5 Å². The minimum atomic E-state index is -0.736. The lowest BCUT2D eigenvalue weighted by molar-refractivity contribution is -0.122. The van der Waals surface area contributed by atoms with E-state index in [0.29, 0.717) is 22.0 Å². The van der Waals surface area contributed by atoms with E-state index in [9.17, 15) is 9.59 Å². The van der Waals surface area contributed by atoms with Crippen molar-refractivity contribution in [1.82, 2.24) is 4.90 Å². The Morgan fingerprint density at radius 3 is 2.48 bits per heavy atom. The Labute approximate surface area is 171 Å². The second kappa shape index (κ2) is 8.76. The van der Waals surface area contributed by atoms with Gasteiger partial charge in [0.2, 0.25) is 0 Å². The molecule has 3 rings (SSSR count). The molecule has 1 heterocycles. The molecule has 1 N–H and O–H groups in total. The van der Waals surface area contributed by atoms with Gasteiger partial charge in [0.05, 0.1) is 11.3 Å². The number of carbonyl (C=O) groups excluding carboxylic acids is 2. The van der Waals surface area contributed by atoms with Gasteiger partial charge in [0.15, 0.2) is 6.10 Å². The molecule has 1 fully saturated rings. The van der Waals surface area contributed by atoms with E-state index in [0.717, 1.165) is 30.4 Å². The van der Waals surface area contributed by atoms with Gasteiger partial charge in [-0.05, 0) is 62.2 Å². The van der Waals surface area contributed by atoms with Crippen molar-refractivity contribution in [3.05, 3.63) is 57.5 Å². The molecule has 1 unspecified atom stereocenters. The van der Waals surface area contributed by atoms with Crippen molar-refractivity contribution in [2.24, 2.45) is 0 Å². The number of rotatable bonds is 5. The van der Waals surface area contributed by atoms with Crippen molar-refractivity contribution in [3.8, 4) is 5.75 Å². The number of halogens is 2. The first-order valence-electron chi connectivity index (χ1n) is 8.76. The van der Waals surface area contributed by atoms with Crippen LogP contribution in [0.25, 0.3) is 0 Å². The molecule has 5 nitrogen and oxygen atoms in total. The van der Waals surface area contributed by atoms with Crippen LogP contribution in [0.1, 0.15) is 30.1 Å². The van der Waals surface area contributed by atoms with E-state index in [1.54, 1.807) is 42.2 Å². The highest BCUT2D eigenvalue weighted by Gasteiger charge is 2.24. The fourth-order valence-electron chi connectivity index (χ4n) is 2.90. The number of hydrogen-bond acceptors (Lipinski definition) is 3. The van der Waals surface area contributed by atoms with Gasteiger partial charge in [-0.2, -0.15) is 0 Å². The molecule has 0 radical (unpaired) electrons. The van der Waals surface area contributed by atoms with Crippen LogP contribution in [0.4, 0.5) is 5.69 Å². The molecule has 1 saturated heterocycles. The Morgan fingerprint density at radius 2 is 1.81 bits per heavy atom. The summed E-state index contributed by atoms with van der Waals surface area (Å²) < 4.78 is 6.60. The van der Waals surface area contributed by atoms with Crippen molar-refractivity contribution < 1.29 is 14.3 Å². The lowest BCUT2D eigenvalue weighted by Gasteiger charge is -2.20. The van der Waals surface area contributed by atoms with Gasteiger partial charge in [0.1, 0.15) is 5.75 Å². The van der Waals surface area contributed by atoms with Crippen LogP contribution < -0.4 is 10.1 Å². The highest BCUT2D eigenvalue weighted by atomic mass is 79.9. The van der Waals surface area contributed by atoms with Crippen LogP contribution in [0, 0.1) is 0 Å². The molecule has 1 aliphatic rings. The van der Waals surface area contributed by atoms with E-state index in [1.807, 2.05) is 12.1 Å². The highest BCUT2D eigenvalue weighted by molar-refractivity contribution is 9.10. The smallest absolute Gasteiger partial charge is 0.265 e. The van der Waals surface area contributed by atoms with Crippen LogP contribution in [0.15, 0.2) is 46.9 Å².